The molecule has 1 N–H and O–H groups in total. The van der Waals surface area contributed by atoms with Crippen molar-refractivity contribution in [1.29, 1.82) is 0 Å². The van der Waals surface area contributed by atoms with Gasteiger partial charge in [0.15, 0.2) is 6.61 Å². The van der Waals surface area contributed by atoms with E-state index < -0.39 is 29.1 Å². The maximum atomic E-state index is 11.9. The van der Waals surface area contributed by atoms with Crippen LogP contribution in [-0.4, -0.2) is 30.0 Å². The van der Waals surface area contributed by atoms with Gasteiger partial charge in [0, 0.05) is 12.6 Å². The second-order valence-corrected chi connectivity index (χ2v) is 5.85. The monoisotopic (exact) mass is 376 g/mol. The van der Waals surface area contributed by atoms with Gasteiger partial charge in [-0.1, -0.05) is 41.9 Å². The maximum Gasteiger partial charge on any atom is 0.338 e. The number of nitrogens with zero attached hydrogens (tertiary/aromatic N) is 1. The molecule has 0 unspecified atom stereocenters. The Hall–Kier alpha value is -2.93. The molecule has 0 aliphatic carbocycles. The Morgan fingerprint density at radius 2 is 1.88 bits per heavy atom. The van der Waals surface area contributed by atoms with E-state index in [4.69, 9.17) is 16.3 Å². The summed E-state index contributed by atoms with van der Waals surface area (Å²) in [5, 5.41) is 13.4. The lowest BCUT2D eigenvalue weighted by atomic mass is 10.1. The van der Waals surface area contributed by atoms with Gasteiger partial charge in [-0.2, -0.15) is 0 Å². The second kappa shape index (κ2) is 9.53. The minimum atomic E-state index is -0.829. The van der Waals surface area contributed by atoms with Crippen molar-refractivity contribution in [2.45, 2.75) is 12.8 Å². The summed E-state index contributed by atoms with van der Waals surface area (Å²) in [5.41, 5.74) is 0.738. The standard InChI is InChI=1S/C18H17ClN2O5/c19-15-9-8-14(11-16(15)21(24)25)18(23)26-12-17(22)20-10-4-7-13-5-2-1-3-6-13/h1-3,5-6,8-9,11H,4,7,10,12H2,(H,20,22). The summed E-state index contributed by atoms with van der Waals surface area (Å²) in [6, 6.07) is 13.4. The van der Waals surface area contributed by atoms with Gasteiger partial charge in [-0.05, 0) is 30.5 Å². The Kier molecular flexibility index (Phi) is 7.11. The normalized spacial score (nSPS) is 10.2. The van der Waals surface area contributed by atoms with Gasteiger partial charge >= 0.3 is 5.97 Å². The highest BCUT2D eigenvalue weighted by Gasteiger charge is 2.17. The topological polar surface area (TPSA) is 98.5 Å². The number of nitro benzene ring substituents is 1. The van der Waals surface area contributed by atoms with Crippen molar-refractivity contribution in [3.05, 3.63) is 74.8 Å². The number of esters is 1. The molecule has 0 saturated heterocycles. The van der Waals surface area contributed by atoms with Gasteiger partial charge in [0.1, 0.15) is 5.02 Å². The van der Waals surface area contributed by atoms with Crippen molar-refractivity contribution in [2.24, 2.45) is 0 Å². The Bertz CT molecular complexity index is 795. The van der Waals surface area contributed by atoms with Gasteiger partial charge in [0.2, 0.25) is 0 Å². The van der Waals surface area contributed by atoms with E-state index >= 15 is 0 Å². The van der Waals surface area contributed by atoms with Gasteiger partial charge < -0.3 is 10.1 Å². The molecular weight excluding hydrogens is 360 g/mol. The lowest BCUT2D eigenvalue weighted by Gasteiger charge is -2.07. The third-order valence-electron chi connectivity index (χ3n) is 3.52. The average Bonchev–Trinajstić information content (AvgIpc) is 2.64. The number of nitro groups is 1. The summed E-state index contributed by atoms with van der Waals surface area (Å²) < 4.78 is 4.86. The third-order valence-corrected chi connectivity index (χ3v) is 3.84. The first kappa shape index (κ1) is 19.4. The molecule has 0 atom stereocenters. The zero-order valence-corrected chi connectivity index (χ0v) is 14.6. The summed E-state index contributed by atoms with van der Waals surface area (Å²) in [6.07, 6.45) is 1.59. The van der Waals surface area contributed by atoms with Crippen LogP contribution >= 0.6 is 11.6 Å². The SMILES string of the molecule is O=C(COC(=O)c1ccc(Cl)c([N+](=O)[O-])c1)NCCCc1ccccc1. The molecule has 2 aromatic rings. The Balaban J connectivity index is 1.74. The van der Waals surface area contributed by atoms with Gasteiger partial charge in [-0.25, -0.2) is 4.79 Å². The fraction of sp³-hybridized carbons (Fsp3) is 0.222. The molecule has 0 aliphatic heterocycles. The number of nitrogens with one attached hydrogen (secondary N) is 1. The number of rotatable bonds is 8. The molecule has 0 fully saturated rings. The zero-order chi connectivity index (χ0) is 18.9. The third kappa shape index (κ3) is 5.86. The van der Waals surface area contributed by atoms with Crippen molar-refractivity contribution in [3.8, 4) is 0 Å². The van der Waals surface area contributed by atoms with Crippen LogP contribution < -0.4 is 5.32 Å². The largest absolute Gasteiger partial charge is 0.452 e. The van der Waals surface area contributed by atoms with Crippen LogP contribution in [-0.2, 0) is 16.0 Å². The zero-order valence-electron chi connectivity index (χ0n) is 13.8. The lowest BCUT2D eigenvalue weighted by molar-refractivity contribution is -0.384. The molecule has 0 aliphatic rings. The molecule has 0 heterocycles. The molecule has 7 nitrogen and oxygen atoms in total. The first-order chi connectivity index (χ1) is 12.5. The number of amides is 1. The van der Waals surface area contributed by atoms with Crippen LogP contribution in [0.5, 0.6) is 0 Å². The van der Waals surface area contributed by atoms with Crippen molar-refractivity contribution in [1.82, 2.24) is 5.32 Å². The fourth-order valence-electron chi connectivity index (χ4n) is 2.21. The minimum Gasteiger partial charge on any atom is -0.452 e. The molecule has 2 rings (SSSR count). The van der Waals surface area contributed by atoms with E-state index in [1.807, 2.05) is 30.3 Å². The first-order valence-electron chi connectivity index (χ1n) is 7.89. The molecule has 136 valence electrons. The number of benzene rings is 2. The molecule has 2 aromatic carbocycles. The number of carbonyl (C=O) groups excluding carboxylic acids is 2. The van der Waals surface area contributed by atoms with Crippen LogP contribution in [0.15, 0.2) is 48.5 Å². The van der Waals surface area contributed by atoms with E-state index in [9.17, 15) is 19.7 Å². The Morgan fingerprint density at radius 1 is 1.15 bits per heavy atom. The fourth-order valence-corrected chi connectivity index (χ4v) is 2.40. The highest BCUT2D eigenvalue weighted by atomic mass is 35.5. The van der Waals surface area contributed by atoms with Crippen molar-refractivity contribution < 1.29 is 19.2 Å². The minimum absolute atomic E-state index is 0.0435. The molecule has 0 saturated carbocycles. The molecule has 0 bridgehead atoms. The molecular formula is C18H17ClN2O5. The van der Waals surface area contributed by atoms with Crippen LogP contribution in [0.3, 0.4) is 0 Å². The predicted molar refractivity (Wildman–Crippen MR) is 96.2 cm³/mol. The van der Waals surface area contributed by atoms with Gasteiger partial charge in [0.05, 0.1) is 10.5 Å². The number of hydrogen-bond acceptors (Lipinski definition) is 5. The number of halogens is 1. The Labute approximate surface area is 155 Å². The second-order valence-electron chi connectivity index (χ2n) is 5.44. The van der Waals surface area contributed by atoms with E-state index in [1.54, 1.807) is 0 Å². The van der Waals surface area contributed by atoms with Crippen molar-refractivity contribution >= 4 is 29.2 Å². The molecule has 1 amide bonds. The summed E-state index contributed by atoms with van der Waals surface area (Å²) >= 11 is 5.68. The summed E-state index contributed by atoms with van der Waals surface area (Å²) in [7, 11) is 0. The lowest BCUT2D eigenvalue weighted by Crippen LogP contribution is -2.29. The van der Waals surface area contributed by atoms with Gasteiger partial charge in [-0.3, -0.25) is 14.9 Å². The van der Waals surface area contributed by atoms with E-state index in [0.29, 0.717) is 6.54 Å². The average molecular weight is 377 g/mol. The Morgan fingerprint density at radius 3 is 2.58 bits per heavy atom. The molecule has 0 radical (unpaired) electrons. The van der Waals surface area contributed by atoms with Crippen LogP contribution in [0.4, 0.5) is 5.69 Å². The predicted octanol–water partition coefficient (Wildman–Crippen LogP) is 3.15. The van der Waals surface area contributed by atoms with Gasteiger partial charge in [0.25, 0.3) is 11.6 Å². The van der Waals surface area contributed by atoms with E-state index in [0.717, 1.165) is 18.9 Å². The van der Waals surface area contributed by atoms with Crippen molar-refractivity contribution in [3.63, 3.8) is 0 Å². The molecule has 0 aromatic heterocycles. The van der Waals surface area contributed by atoms with Crippen LogP contribution in [0, 0.1) is 10.1 Å². The molecule has 0 spiro atoms. The number of aryl methyl sites for hydroxylation is 1. The number of ether oxygens (including phenoxy) is 1. The van der Waals surface area contributed by atoms with Crippen LogP contribution in [0.25, 0.3) is 0 Å². The molecule has 8 heteroatoms. The van der Waals surface area contributed by atoms with Crippen LogP contribution in [0.2, 0.25) is 5.02 Å². The maximum absolute atomic E-state index is 11.9. The quantitative estimate of drug-likeness (QED) is 0.330. The van der Waals surface area contributed by atoms with Gasteiger partial charge in [-0.15, -0.1) is 0 Å². The number of hydrogen-bond donors (Lipinski definition) is 1. The summed E-state index contributed by atoms with van der Waals surface area (Å²) in [4.78, 5) is 33.7. The smallest absolute Gasteiger partial charge is 0.338 e. The van der Waals surface area contributed by atoms with Crippen LogP contribution in [0.1, 0.15) is 22.3 Å². The highest BCUT2D eigenvalue weighted by Crippen LogP contribution is 2.25. The number of carbonyl (C=O) groups is 2. The summed E-state index contributed by atoms with van der Waals surface area (Å²) in [5.74, 6) is -1.26. The van der Waals surface area contributed by atoms with Crippen molar-refractivity contribution in [2.75, 3.05) is 13.2 Å². The van der Waals surface area contributed by atoms with E-state index in [1.165, 1.54) is 17.7 Å². The molecule has 26 heavy (non-hydrogen) atoms. The van der Waals surface area contributed by atoms with E-state index in [2.05, 4.69) is 5.32 Å². The summed E-state index contributed by atoms with van der Waals surface area (Å²) in [6.45, 7) is -0.00170. The highest BCUT2D eigenvalue weighted by molar-refractivity contribution is 6.32. The van der Waals surface area contributed by atoms with E-state index in [-0.39, 0.29) is 10.6 Å². The first-order valence-corrected chi connectivity index (χ1v) is 8.27.